The number of nitrogens with one attached hydrogen (secondary N) is 1. The third-order valence-electron chi connectivity index (χ3n) is 2.39. The lowest BCUT2D eigenvalue weighted by Crippen LogP contribution is -2.11. The topological polar surface area (TPSA) is 62.5 Å². The Labute approximate surface area is 119 Å². The van der Waals surface area contributed by atoms with E-state index in [2.05, 4.69) is 17.2 Å². The first-order valence-electron chi connectivity index (χ1n) is 5.55. The second-order valence-corrected chi connectivity index (χ2v) is 4.06. The Kier molecular flexibility index (Phi) is 4.41. The van der Waals surface area contributed by atoms with Gasteiger partial charge in [-0.25, -0.2) is 4.39 Å². The Hall–Kier alpha value is -2.29. The van der Waals surface area contributed by atoms with Gasteiger partial charge in [0.05, 0.1) is 17.4 Å². The quantitative estimate of drug-likeness (QED) is 0.837. The lowest BCUT2D eigenvalue weighted by Gasteiger charge is -2.04. The highest BCUT2D eigenvalue weighted by Gasteiger charge is 2.13. The molecule has 1 amide bonds. The summed E-state index contributed by atoms with van der Waals surface area (Å²) >= 11 is 5.67. The molecule has 4 nitrogen and oxygen atoms in total. The summed E-state index contributed by atoms with van der Waals surface area (Å²) in [7, 11) is 0. The maximum absolute atomic E-state index is 13.7. The molecular weight excluding hydrogens is 285 g/mol. The Morgan fingerprint density at radius 2 is 2.25 bits per heavy atom. The molecule has 102 valence electrons. The summed E-state index contributed by atoms with van der Waals surface area (Å²) in [4.78, 5) is 11.8. The fourth-order valence-corrected chi connectivity index (χ4v) is 1.68. The molecular formula is C14H9ClFNO3. The van der Waals surface area contributed by atoms with Crippen LogP contribution in [-0.2, 0) is 0 Å². The summed E-state index contributed by atoms with van der Waals surface area (Å²) in [5.41, 5.74) is 0.564. The van der Waals surface area contributed by atoms with Crippen LogP contribution in [0.5, 0.6) is 0 Å². The fourth-order valence-electron chi connectivity index (χ4n) is 1.48. The van der Waals surface area contributed by atoms with Crippen molar-refractivity contribution in [2.75, 3.05) is 11.9 Å². The number of hydrogen-bond acceptors (Lipinski definition) is 3. The van der Waals surface area contributed by atoms with Crippen LogP contribution in [-0.4, -0.2) is 17.6 Å². The van der Waals surface area contributed by atoms with E-state index < -0.39 is 11.7 Å². The van der Waals surface area contributed by atoms with Gasteiger partial charge in [0, 0.05) is 5.69 Å². The first kappa shape index (κ1) is 14.1. The summed E-state index contributed by atoms with van der Waals surface area (Å²) in [5, 5.41) is 11.0. The average Bonchev–Trinajstić information content (AvgIpc) is 2.84. The van der Waals surface area contributed by atoms with Gasteiger partial charge in [0.15, 0.2) is 0 Å². The third-order valence-corrected chi connectivity index (χ3v) is 2.68. The first-order valence-corrected chi connectivity index (χ1v) is 5.93. The number of amides is 1. The molecule has 2 N–H and O–H groups in total. The third kappa shape index (κ3) is 3.18. The fraction of sp³-hybridized carbons (Fsp3) is 0.0714. The van der Waals surface area contributed by atoms with Gasteiger partial charge in [-0.3, -0.25) is 4.79 Å². The largest absolute Gasteiger partial charge is 0.452 e. The Morgan fingerprint density at radius 1 is 1.45 bits per heavy atom. The van der Waals surface area contributed by atoms with E-state index in [0.29, 0.717) is 0 Å². The average molecular weight is 294 g/mol. The van der Waals surface area contributed by atoms with Gasteiger partial charge in [-0.05, 0) is 35.9 Å². The van der Waals surface area contributed by atoms with E-state index in [4.69, 9.17) is 21.1 Å². The van der Waals surface area contributed by atoms with Crippen molar-refractivity contribution in [2.45, 2.75) is 0 Å². The van der Waals surface area contributed by atoms with Gasteiger partial charge in [0.1, 0.15) is 12.4 Å². The summed E-state index contributed by atoms with van der Waals surface area (Å²) in [6.45, 7) is -0.350. The van der Waals surface area contributed by atoms with Crippen molar-refractivity contribution in [3.8, 4) is 11.8 Å². The molecule has 1 aromatic heterocycles. The van der Waals surface area contributed by atoms with Crippen LogP contribution in [0.2, 0.25) is 5.22 Å². The van der Waals surface area contributed by atoms with E-state index in [9.17, 15) is 9.18 Å². The number of rotatable bonds is 2. The molecule has 1 aromatic carbocycles. The minimum absolute atomic E-state index is 0.0339. The van der Waals surface area contributed by atoms with Crippen molar-refractivity contribution in [1.29, 1.82) is 0 Å². The number of carbonyl (C=O) groups excluding carboxylic acids is 1. The molecule has 0 bridgehead atoms. The lowest BCUT2D eigenvalue weighted by molar-refractivity contribution is 0.102. The van der Waals surface area contributed by atoms with E-state index in [1.165, 1.54) is 24.5 Å². The van der Waals surface area contributed by atoms with Crippen LogP contribution in [0.3, 0.4) is 0 Å². The number of benzene rings is 1. The maximum Gasteiger partial charge on any atom is 0.260 e. The number of aliphatic hydroxyl groups excluding tert-OH is 1. The van der Waals surface area contributed by atoms with Crippen molar-refractivity contribution in [2.24, 2.45) is 0 Å². The number of carbonyl (C=O) groups is 1. The Morgan fingerprint density at radius 3 is 2.85 bits per heavy atom. The molecule has 0 aliphatic heterocycles. The van der Waals surface area contributed by atoms with Gasteiger partial charge in [-0.2, -0.15) is 0 Å². The first-order chi connectivity index (χ1) is 9.61. The zero-order valence-corrected chi connectivity index (χ0v) is 10.9. The van der Waals surface area contributed by atoms with Crippen LogP contribution in [0.15, 0.2) is 34.9 Å². The lowest BCUT2D eigenvalue weighted by atomic mass is 10.2. The maximum atomic E-state index is 13.7. The normalized spacial score (nSPS) is 9.75. The smallest absolute Gasteiger partial charge is 0.260 e. The SMILES string of the molecule is O=C(Nc1ccc(C#CCO)c(F)c1)c1ccoc1Cl. The van der Waals surface area contributed by atoms with Gasteiger partial charge in [-0.15, -0.1) is 0 Å². The molecule has 0 saturated heterocycles. The highest BCUT2D eigenvalue weighted by molar-refractivity contribution is 6.32. The predicted octanol–water partition coefficient (Wildman–Crippen LogP) is 2.67. The van der Waals surface area contributed by atoms with Crippen LogP contribution < -0.4 is 5.32 Å². The molecule has 0 spiro atoms. The molecule has 20 heavy (non-hydrogen) atoms. The van der Waals surface area contributed by atoms with E-state index >= 15 is 0 Å². The van der Waals surface area contributed by atoms with Crippen LogP contribution in [0.25, 0.3) is 0 Å². The summed E-state index contributed by atoms with van der Waals surface area (Å²) in [6.07, 6.45) is 1.28. The van der Waals surface area contributed by atoms with Crippen molar-refractivity contribution in [3.63, 3.8) is 0 Å². The molecule has 0 fully saturated rings. The zero-order valence-electron chi connectivity index (χ0n) is 10.1. The summed E-state index contributed by atoms with van der Waals surface area (Å²) in [5.74, 6) is 3.70. The molecule has 0 unspecified atom stereocenters. The van der Waals surface area contributed by atoms with Gasteiger partial charge in [0.25, 0.3) is 5.91 Å². The molecule has 0 aliphatic rings. The molecule has 0 atom stereocenters. The van der Waals surface area contributed by atoms with E-state index in [-0.39, 0.29) is 28.6 Å². The minimum Gasteiger partial charge on any atom is -0.452 e. The summed E-state index contributed by atoms with van der Waals surface area (Å²) in [6, 6.07) is 5.45. The number of furan rings is 1. The number of anilines is 1. The number of halogens is 2. The number of hydrogen-bond donors (Lipinski definition) is 2. The molecule has 1 heterocycles. The van der Waals surface area contributed by atoms with Crippen LogP contribution in [0.1, 0.15) is 15.9 Å². The van der Waals surface area contributed by atoms with Crippen LogP contribution in [0.4, 0.5) is 10.1 Å². The van der Waals surface area contributed by atoms with Crippen LogP contribution in [0, 0.1) is 17.7 Å². The molecule has 0 radical (unpaired) electrons. The zero-order chi connectivity index (χ0) is 14.5. The summed E-state index contributed by atoms with van der Waals surface area (Å²) < 4.78 is 18.5. The Balaban J connectivity index is 2.17. The highest BCUT2D eigenvalue weighted by atomic mass is 35.5. The van der Waals surface area contributed by atoms with Gasteiger partial charge >= 0.3 is 0 Å². The molecule has 6 heteroatoms. The standard InChI is InChI=1S/C14H9ClFNO3/c15-13-11(5-7-20-13)14(19)17-10-4-3-9(2-1-6-18)12(16)8-10/h3-5,7-8,18H,6H2,(H,17,19). The second-order valence-electron chi connectivity index (χ2n) is 3.72. The van der Waals surface area contributed by atoms with Crippen molar-refractivity contribution in [3.05, 3.63) is 52.7 Å². The molecule has 0 aliphatic carbocycles. The van der Waals surface area contributed by atoms with Gasteiger partial charge < -0.3 is 14.8 Å². The monoisotopic (exact) mass is 293 g/mol. The van der Waals surface area contributed by atoms with Crippen molar-refractivity contribution in [1.82, 2.24) is 0 Å². The van der Waals surface area contributed by atoms with Crippen LogP contribution >= 0.6 is 11.6 Å². The van der Waals surface area contributed by atoms with Gasteiger partial charge in [0.2, 0.25) is 5.22 Å². The Bertz CT molecular complexity index is 700. The van der Waals surface area contributed by atoms with Crippen molar-refractivity contribution < 1.29 is 18.7 Å². The van der Waals surface area contributed by atoms with Crippen molar-refractivity contribution >= 4 is 23.2 Å². The highest BCUT2D eigenvalue weighted by Crippen LogP contribution is 2.19. The molecule has 2 aromatic rings. The second kappa shape index (κ2) is 6.24. The predicted molar refractivity (Wildman–Crippen MR) is 72.0 cm³/mol. The van der Waals surface area contributed by atoms with E-state index in [1.807, 2.05) is 0 Å². The van der Waals surface area contributed by atoms with E-state index in [1.54, 1.807) is 0 Å². The minimum atomic E-state index is -0.595. The number of aliphatic hydroxyl groups is 1. The molecule has 2 rings (SSSR count). The van der Waals surface area contributed by atoms with E-state index in [0.717, 1.165) is 6.07 Å². The van der Waals surface area contributed by atoms with Gasteiger partial charge in [-0.1, -0.05) is 11.8 Å². The molecule has 0 saturated carbocycles.